The molecule has 1 heterocycles. The predicted molar refractivity (Wildman–Crippen MR) is 69.8 cm³/mol. The molecule has 0 aromatic rings. The highest BCUT2D eigenvalue weighted by Gasteiger charge is 2.37. The van der Waals surface area contributed by atoms with Gasteiger partial charge in [-0.25, -0.2) is 8.42 Å². The average molecular weight is 274 g/mol. The highest BCUT2D eigenvalue weighted by Crippen LogP contribution is 2.25. The van der Waals surface area contributed by atoms with Crippen molar-refractivity contribution in [3.05, 3.63) is 0 Å². The lowest BCUT2D eigenvalue weighted by Gasteiger charge is -2.27. The van der Waals surface area contributed by atoms with E-state index >= 15 is 0 Å². The van der Waals surface area contributed by atoms with Crippen molar-refractivity contribution in [1.82, 2.24) is 4.90 Å². The summed E-state index contributed by atoms with van der Waals surface area (Å²) in [5.41, 5.74) is 5.82. The second-order valence-electron chi connectivity index (χ2n) is 5.38. The summed E-state index contributed by atoms with van der Waals surface area (Å²) in [5, 5.41) is -0.508. The van der Waals surface area contributed by atoms with E-state index in [2.05, 4.69) is 0 Å². The van der Waals surface area contributed by atoms with Crippen LogP contribution in [0.5, 0.6) is 0 Å². The highest BCUT2D eigenvalue weighted by molar-refractivity contribution is 7.92. The van der Waals surface area contributed by atoms with Gasteiger partial charge in [0.15, 0.2) is 9.84 Å². The number of sulfone groups is 1. The molecule has 0 aromatic heterocycles. The van der Waals surface area contributed by atoms with Gasteiger partial charge in [0.1, 0.15) is 5.75 Å². The molecule has 0 spiro atoms. The molecule has 104 valence electrons. The Morgan fingerprint density at radius 1 is 1.11 bits per heavy atom. The zero-order valence-corrected chi connectivity index (χ0v) is 11.5. The lowest BCUT2D eigenvalue weighted by molar-refractivity contribution is -0.129. The zero-order valence-electron chi connectivity index (χ0n) is 10.7. The molecule has 2 atom stereocenters. The third-order valence-electron chi connectivity index (χ3n) is 4.00. The van der Waals surface area contributed by atoms with Crippen LogP contribution in [0.1, 0.15) is 38.5 Å². The van der Waals surface area contributed by atoms with Crippen molar-refractivity contribution in [2.45, 2.75) is 49.8 Å². The predicted octanol–water partition coefficient (Wildman–Crippen LogP) is 0.293. The first-order valence-electron chi connectivity index (χ1n) is 6.75. The first-order chi connectivity index (χ1) is 8.50. The molecule has 6 heteroatoms. The van der Waals surface area contributed by atoms with Crippen LogP contribution in [0.15, 0.2) is 0 Å². The molecule has 2 N–H and O–H groups in total. The summed E-state index contributed by atoms with van der Waals surface area (Å²) in [5.74, 6) is -0.598. The van der Waals surface area contributed by atoms with E-state index < -0.39 is 15.1 Å². The van der Waals surface area contributed by atoms with E-state index in [9.17, 15) is 13.2 Å². The van der Waals surface area contributed by atoms with Gasteiger partial charge in [-0.1, -0.05) is 6.42 Å². The number of likely N-dealkylation sites (tertiary alicyclic amines) is 1. The Hall–Kier alpha value is -0.620. The molecule has 5 nitrogen and oxygen atoms in total. The van der Waals surface area contributed by atoms with E-state index in [4.69, 9.17) is 5.73 Å². The van der Waals surface area contributed by atoms with E-state index in [1.54, 1.807) is 4.90 Å². The molecule has 18 heavy (non-hydrogen) atoms. The zero-order chi connectivity index (χ0) is 13.2. The summed E-state index contributed by atoms with van der Waals surface area (Å²) in [7, 11) is -3.37. The second-order valence-corrected chi connectivity index (χ2v) is 7.60. The molecule has 2 aliphatic rings. The van der Waals surface area contributed by atoms with E-state index in [0.29, 0.717) is 19.5 Å². The van der Waals surface area contributed by atoms with Crippen LogP contribution < -0.4 is 5.73 Å². The van der Waals surface area contributed by atoms with Crippen molar-refractivity contribution in [2.75, 3.05) is 18.8 Å². The number of nitrogens with two attached hydrogens (primary N) is 1. The maximum atomic E-state index is 12.2. The number of hydrogen-bond acceptors (Lipinski definition) is 4. The third-order valence-corrected chi connectivity index (χ3v) is 6.16. The Bertz CT molecular complexity index is 402. The van der Waals surface area contributed by atoms with Crippen LogP contribution in [0, 0.1) is 0 Å². The van der Waals surface area contributed by atoms with Gasteiger partial charge in [0, 0.05) is 19.1 Å². The molecular formula is C12H22N2O3S. The first-order valence-corrected chi connectivity index (χ1v) is 8.47. The van der Waals surface area contributed by atoms with Gasteiger partial charge < -0.3 is 10.6 Å². The van der Waals surface area contributed by atoms with Crippen molar-refractivity contribution >= 4 is 15.7 Å². The number of amides is 1. The van der Waals surface area contributed by atoms with Crippen LogP contribution in [-0.2, 0) is 14.6 Å². The molecule has 1 aliphatic heterocycles. The number of nitrogens with zero attached hydrogens (tertiary/aromatic N) is 1. The van der Waals surface area contributed by atoms with Crippen LogP contribution in [0.3, 0.4) is 0 Å². The topological polar surface area (TPSA) is 80.5 Å². The molecule has 1 saturated carbocycles. The van der Waals surface area contributed by atoms with Crippen molar-refractivity contribution in [3.8, 4) is 0 Å². The summed E-state index contributed by atoms with van der Waals surface area (Å²) in [6.45, 7) is 1.40. The van der Waals surface area contributed by atoms with Gasteiger partial charge in [0.05, 0.1) is 5.25 Å². The molecule has 1 saturated heterocycles. The molecular weight excluding hydrogens is 252 g/mol. The lowest BCUT2D eigenvalue weighted by Crippen LogP contribution is -2.44. The maximum Gasteiger partial charge on any atom is 0.237 e. The molecule has 0 radical (unpaired) electrons. The number of rotatable bonds is 3. The minimum Gasteiger partial charge on any atom is -0.342 e. The van der Waals surface area contributed by atoms with E-state index in [1.165, 1.54) is 0 Å². The molecule has 2 rings (SSSR count). The van der Waals surface area contributed by atoms with Gasteiger partial charge in [0.25, 0.3) is 0 Å². The Balaban J connectivity index is 1.96. The van der Waals surface area contributed by atoms with Crippen molar-refractivity contribution in [3.63, 3.8) is 0 Å². The van der Waals surface area contributed by atoms with Crippen LogP contribution >= 0.6 is 0 Å². The Morgan fingerprint density at radius 3 is 2.33 bits per heavy atom. The number of carbonyl (C=O) groups excluding carboxylic acids is 1. The van der Waals surface area contributed by atoms with Gasteiger partial charge in [0.2, 0.25) is 5.91 Å². The maximum absolute atomic E-state index is 12.2. The van der Waals surface area contributed by atoms with E-state index in [-0.39, 0.29) is 17.7 Å². The Kier molecular flexibility index (Phi) is 4.27. The minimum absolute atomic E-state index is 0.242. The number of hydrogen-bond donors (Lipinski definition) is 1. The highest BCUT2D eigenvalue weighted by atomic mass is 32.2. The average Bonchev–Trinajstić information content (AvgIpc) is 2.77. The van der Waals surface area contributed by atoms with Gasteiger partial charge in [-0.15, -0.1) is 0 Å². The molecule has 2 unspecified atom stereocenters. The van der Waals surface area contributed by atoms with Crippen LogP contribution in [-0.4, -0.2) is 49.4 Å². The molecule has 1 amide bonds. The molecule has 2 fully saturated rings. The molecule has 0 aromatic carbocycles. The van der Waals surface area contributed by atoms with E-state index in [1.807, 2.05) is 0 Å². The normalized spacial score (nSPS) is 29.5. The summed E-state index contributed by atoms with van der Waals surface area (Å²) < 4.78 is 24.3. The van der Waals surface area contributed by atoms with Crippen molar-refractivity contribution < 1.29 is 13.2 Å². The van der Waals surface area contributed by atoms with Crippen LogP contribution in [0.2, 0.25) is 0 Å². The van der Waals surface area contributed by atoms with Gasteiger partial charge >= 0.3 is 0 Å². The Morgan fingerprint density at radius 2 is 1.78 bits per heavy atom. The smallest absolute Gasteiger partial charge is 0.237 e. The summed E-state index contributed by atoms with van der Waals surface area (Å²) in [6, 6.07) is -0.288. The quantitative estimate of drug-likeness (QED) is 0.802. The monoisotopic (exact) mass is 274 g/mol. The number of carbonyl (C=O) groups is 1. The van der Waals surface area contributed by atoms with Gasteiger partial charge in [-0.2, -0.15) is 0 Å². The first kappa shape index (κ1) is 13.8. The second kappa shape index (κ2) is 5.57. The fraction of sp³-hybridized carbons (Fsp3) is 0.917. The summed E-state index contributed by atoms with van der Waals surface area (Å²) in [6.07, 6.45) is 5.30. The van der Waals surface area contributed by atoms with Crippen molar-refractivity contribution in [1.29, 1.82) is 0 Å². The van der Waals surface area contributed by atoms with Crippen LogP contribution in [0.4, 0.5) is 0 Å². The number of piperidine rings is 1. The fourth-order valence-electron chi connectivity index (χ4n) is 2.91. The summed E-state index contributed by atoms with van der Waals surface area (Å²) in [4.78, 5) is 13.7. The lowest BCUT2D eigenvalue weighted by atomic mass is 10.1. The summed E-state index contributed by atoms with van der Waals surface area (Å²) >= 11 is 0. The minimum atomic E-state index is -3.37. The Labute approximate surface area is 109 Å². The largest absolute Gasteiger partial charge is 0.342 e. The van der Waals surface area contributed by atoms with Crippen LogP contribution in [0.25, 0.3) is 0 Å². The SMILES string of the molecule is NC1CCCC1S(=O)(=O)CC(=O)N1CCCCC1. The van der Waals surface area contributed by atoms with Crippen molar-refractivity contribution in [2.24, 2.45) is 5.73 Å². The van der Waals surface area contributed by atoms with E-state index in [0.717, 1.165) is 32.1 Å². The van der Waals surface area contributed by atoms with Gasteiger partial charge in [-0.3, -0.25) is 4.79 Å². The standard InChI is InChI=1S/C12H22N2O3S/c13-10-5-4-6-11(10)18(16,17)9-12(15)14-7-2-1-3-8-14/h10-11H,1-9,13H2. The molecule has 1 aliphatic carbocycles. The fourth-order valence-corrected chi connectivity index (χ4v) is 4.85. The third kappa shape index (κ3) is 3.03. The molecule has 0 bridgehead atoms. The van der Waals surface area contributed by atoms with Gasteiger partial charge in [-0.05, 0) is 32.1 Å².